The summed E-state index contributed by atoms with van der Waals surface area (Å²) in [6.45, 7) is 5.75. The molecule has 0 bridgehead atoms. The molecular formula is C15H22N2O2. The summed E-state index contributed by atoms with van der Waals surface area (Å²) in [4.78, 5) is 7.35. The number of H-pyrrole nitrogens is 1. The molecule has 0 spiro atoms. The second kappa shape index (κ2) is 7.02. The summed E-state index contributed by atoms with van der Waals surface area (Å²) in [5.74, 6) is 1.60. The van der Waals surface area contributed by atoms with Gasteiger partial charge in [-0.15, -0.1) is 0 Å². The Balaban J connectivity index is 2.15. The number of unbranched alkanes of at least 4 members (excludes halogenated alkanes) is 2. The van der Waals surface area contributed by atoms with Gasteiger partial charge in [0.2, 0.25) is 0 Å². The van der Waals surface area contributed by atoms with Gasteiger partial charge < -0.3 is 14.5 Å². The molecule has 0 aliphatic rings. The van der Waals surface area contributed by atoms with Crippen LogP contribution in [0.3, 0.4) is 0 Å². The summed E-state index contributed by atoms with van der Waals surface area (Å²) in [7, 11) is 0. The molecule has 1 aromatic carbocycles. The third-order valence-corrected chi connectivity index (χ3v) is 3.00. The van der Waals surface area contributed by atoms with E-state index in [9.17, 15) is 0 Å². The van der Waals surface area contributed by atoms with Crippen LogP contribution in [0.5, 0.6) is 11.5 Å². The highest BCUT2D eigenvalue weighted by Crippen LogP contribution is 2.31. The predicted molar refractivity (Wildman–Crippen MR) is 76.9 cm³/mol. The normalized spacial score (nSPS) is 10.8. The Hall–Kier alpha value is -1.71. The lowest BCUT2D eigenvalue weighted by atomic mass is 10.2. The molecule has 19 heavy (non-hydrogen) atoms. The average Bonchev–Trinajstić information content (AvgIpc) is 2.86. The van der Waals surface area contributed by atoms with Gasteiger partial charge in [0.05, 0.1) is 30.6 Å². The molecule has 0 aliphatic carbocycles. The maximum absolute atomic E-state index is 5.81. The number of aromatic nitrogens is 2. The van der Waals surface area contributed by atoms with Crippen molar-refractivity contribution in [2.75, 3.05) is 13.2 Å². The van der Waals surface area contributed by atoms with Gasteiger partial charge in [-0.2, -0.15) is 0 Å². The number of imidazole rings is 1. The van der Waals surface area contributed by atoms with Crippen LogP contribution in [-0.4, -0.2) is 23.2 Å². The lowest BCUT2D eigenvalue weighted by molar-refractivity contribution is 0.262. The first-order valence-corrected chi connectivity index (χ1v) is 7.07. The largest absolute Gasteiger partial charge is 0.490 e. The van der Waals surface area contributed by atoms with Crippen molar-refractivity contribution in [3.05, 3.63) is 18.5 Å². The van der Waals surface area contributed by atoms with Crippen molar-refractivity contribution >= 4 is 11.0 Å². The van der Waals surface area contributed by atoms with E-state index in [-0.39, 0.29) is 0 Å². The first-order chi connectivity index (χ1) is 9.35. The van der Waals surface area contributed by atoms with Gasteiger partial charge in [0, 0.05) is 12.1 Å². The zero-order chi connectivity index (χ0) is 13.5. The Labute approximate surface area is 114 Å². The molecular weight excluding hydrogens is 240 g/mol. The van der Waals surface area contributed by atoms with Crippen molar-refractivity contribution in [2.24, 2.45) is 0 Å². The number of ether oxygens (including phenoxy) is 2. The zero-order valence-corrected chi connectivity index (χ0v) is 11.7. The number of hydrogen-bond acceptors (Lipinski definition) is 3. The Morgan fingerprint density at radius 1 is 1.00 bits per heavy atom. The average molecular weight is 262 g/mol. The Morgan fingerprint density at radius 3 is 2.26 bits per heavy atom. The van der Waals surface area contributed by atoms with E-state index < -0.39 is 0 Å². The van der Waals surface area contributed by atoms with E-state index in [1.165, 1.54) is 0 Å². The molecule has 0 atom stereocenters. The minimum Gasteiger partial charge on any atom is -0.490 e. The topological polar surface area (TPSA) is 47.1 Å². The molecule has 0 fully saturated rings. The van der Waals surface area contributed by atoms with Gasteiger partial charge in [0.1, 0.15) is 0 Å². The molecule has 104 valence electrons. The Bertz CT molecular complexity index is 464. The third kappa shape index (κ3) is 3.63. The van der Waals surface area contributed by atoms with Crippen molar-refractivity contribution < 1.29 is 9.47 Å². The Kier molecular flexibility index (Phi) is 5.07. The molecule has 0 unspecified atom stereocenters. The van der Waals surface area contributed by atoms with Crippen molar-refractivity contribution in [1.29, 1.82) is 0 Å². The first kappa shape index (κ1) is 13.7. The maximum atomic E-state index is 5.81. The fraction of sp³-hybridized carbons (Fsp3) is 0.533. The summed E-state index contributed by atoms with van der Waals surface area (Å²) >= 11 is 0. The molecule has 1 N–H and O–H groups in total. The molecule has 4 heteroatoms. The predicted octanol–water partition coefficient (Wildman–Crippen LogP) is 3.92. The van der Waals surface area contributed by atoms with Crippen LogP contribution in [0.15, 0.2) is 18.5 Å². The van der Waals surface area contributed by atoms with E-state index >= 15 is 0 Å². The van der Waals surface area contributed by atoms with Gasteiger partial charge in [0.25, 0.3) is 0 Å². The molecule has 2 rings (SSSR count). The van der Waals surface area contributed by atoms with Crippen LogP contribution < -0.4 is 9.47 Å². The highest BCUT2D eigenvalue weighted by Gasteiger charge is 2.09. The number of fused-ring (bicyclic) bond motifs is 1. The number of nitrogens with zero attached hydrogens (tertiary/aromatic N) is 1. The number of aromatic amines is 1. The summed E-state index contributed by atoms with van der Waals surface area (Å²) in [6, 6.07) is 3.92. The van der Waals surface area contributed by atoms with E-state index in [2.05, 4.69) is 23.8 Å². The molecule has 0 radical (unpaired) electrons. The summed E-state index contributed by atoms with van der Waals surface area (Å²) in [5.41, 5.74) is 1.89. The number of hydrogen-bond donors (Lipinski definition) is 1. The molecule has 0 saturated heterocycles. The van der Waals surface area contributed by atoms with Crippen molar-refractivity contribution in [1.82, 2.24) is 9.97 Å². The SMILES string of the molecule is CCCCOc1cc2nc[nH]c2cc1OCCCC. The van der Waals surface area contributed by atoms with E-state index in [0.29, 0.717) is 0 Å². The summed E-state index contributed by atoms with van der Waals surface area (Å²) < 4.78 is 11.6. The van der Waals surface area contributed by atoms with Crippen LogP contribution in [0.4, 0.5) is 0 Å². The number of rotatable bonds is 8. The van der Waals surface area contributed by atoms with Crippen LogP contribution >= 0.6 is 0 Å². The quantitative estimate of drug-likeness (QED) is 0.733. The lowest BCUT2D eigenvalue weighted by Gasteiger charge is -2.12. The summed E-state index contributed by atoms with van der Waals surface area (Å²) in [6.07, 6.45) is 6.04. The second-order valence-corrected chi connectivity index (χ2v) is 4.62. The van der Waals surface area contributed by atoms with Crippen molar-refractivity contribution in [3.63, 3.8) is 0 Å². The van der Waals surface area contributed by atoms with E-state index in [1.54, 1.807) is 6.33 Å². The molecule has 0 saturated carbocycles. The molecule has 1 heterocycles. The van der Waals surface area contributed by atoms with Crippen molar-refractivity contribution in [2.45, 2.75) is 39.5 Å². The minimum atomic E-state index is 0.719. The van der Waals surface area contributed by atoms with Gasteiger partial charge in [-0.05, 0) is 12.8 Å². The molecule has 2 aromatic rings. The number of benzene rings is 1. The van der Waals surface area contributed by atoms with Crippen LogP contribution in [-0.2, 0) is 0 Å². The highest BCUT2D eigenvalue weighted by atomic mass is 16.5. The van der Waals surface area contributed by atoms with Crippen LogP contribution in [0, 0.1) is 0 Å². The Morgan fingerprint density at radius 2 is 1.63 bits per heavy atom. The number of nitrogens with one attached hydrogen (secondary N) is 1. The standard InChI is InChI=1S/C15H22N2O2/c1-3-5-7-18-14-9-12-13(17-11-16-12)10-15(14)19-8-6-4-2/h9-11H,3-8H2,1-2H3,(H,16,17). The van der Waals surface area contributed by atoms with Gasteiger partial charge in [-0.3, -0.25) is 0 Å². The van der Waals surface area contributed by atoms with Crippen molar-refractivity contribution in [3.8, 4) is 11.5 Å². The van der Waals surface area contributed by atoms with Crippen LogP contribution in [0.25, 0.3) is 11.0 Å². The molecule has 1 aromatic heterocycles. The smallest absolute Gasteiger partial charge is 0.163 e. The fourth-order valence-corrected chi connectivity index (χ4v) is 1.82. The van der Waals surface area contributed by atoms with E-state index in [1.807, 2.05) is 12.1 Å². The van der Waals surface area contributed by atoms with Gasteiger partial charge >= 0.3 is 0 Å². The fourth-order valence-electron chi connectivity index (χ4n) is 1.82. The summed E-state index contributed by atoms with van der Waals surface area (Å²) in [5, 5.41) is 0. The van der Waals surface area contributed by atoms with Gasteiger partial charge in [0.15, 0.2) is 11.5 Å². The van der Waals surface area contributed by atoms with E-state index in [0.717, 1.165) is 61.4 Å². The lowest BCUT2D eigenvalue weighted by Crippen LogP contribution is -2.02. The third-order valence-electron chi connectivity index (χ3n) is 3.00. The van der Waals surface area contributed by atoms with Gasteiger partial charge in [-0.25, -0.2) is 4.98 Å². The molecule has 4 nitrogen and oxygen atoms in total. The van der Waals surface area contributed by atoms with Crippen LogP contribution in [0.2, 0.25) is 0 Å². The monoisotopic (exact) mass is 262 g/mol. The van der Waals surface area contributed by atoms with Gasteiger partial charge in [-0.1, -0.05) is 26.7 Å². The molecule has 0 aliphatic heterocycles. The highest BCUT2D eigenvalue weighted by molar-refractivity contribution is 5.79. The zero-order valence-electron chi connectivity index (χ0n) is 11.7. The molecule has 0 amide bonds. The van der Waals surface area contributed by atoms with E-state index in [4.69, 9.17) is 9.47 Å². The first-order valence-electron chi connectivity index (χ1n) is 7.07. The maximum Gasteiger partial charge on any atom is 0.163 e. The van der Waals surface area contributed by atoms with Crippen LogP contribution in [0.1, 0.15) is 39.5 Å². The second-order valence-electron chi connectivity index (χ2n) is 4.62. The minimum absolute atomic E-state index is 0.719.